The molecule has 1 saturated carbocycles. The summed E-state index contributed by atoms with van der Waals surface area (Å²) in [6.07, 6.45) is 3.77. The van der Waals surface area contributed by atoms with Crippen LogP contribution in [0.1, 0.15) is 25.7 Å². The monoisotopic (exact) mass is 316 g/mol. The van der Waals surface area contributed by atoms with Crippen molar-refractivity contribution in [3.8, 4) is 0 Å². The van der Waals surface area contributed by atoms with Crippen LogP contribution in [0.3, 0.4) is 0 Å². The van der Waals surface area contributed by atoms with Crippen LogP contribution in [-0.4, -0.2) is 38.9 Å². The van der Waals surface area contributed by atoms with Gasteiger partial charge in [-0.3, -0.25) is 0 Å². The first-order chi connectivity index (χ1) is 9.46. The van der Waals surface area contributed by atoms with Crippen molar-refractivity contribution < 1.29 is 8.42 Å². The van der Waals surface area contributed by atoms with E-state index in [1.807, 2.05) is 7.05 Å². The fourth-order valence-electron chi connectivity index (χ4n) is 2.73. The predicted octanol–water partition coefficient (Wildman–Crippen LogP) is 2.49. The maximum absolute atomic E-state index is 12.6. The van der Waals surface area contributed by atoms with Crippen LogP contribution in [0.4, 0.5) is 0 Å². The molecule has 0 bridgehead atoms. The van der Waals surface area contributed by atoms with Gasteiger partial charge in [-0.1, -0.05) is 23.7 Å². The van der Waals surface area contributed by atoms with E-state index in [0.29, 0.717) is 6.04 Å². The molecule has 0 radical (unpaired) electrons. The van der Waals surface area contributed by atoms with Crippen molar-refractivity contribution in [2.45, 2.75) is 42.7 Å². The SMILES string of the molecule is CNC1CCC(N(C)S(=O)(=O)c2ccccc2Cl)CC1. The molecule has 1 aliphatic carbocycles. The van der Waals surface area contributed by atoms with Gasteiger partial charge in [-0.15, -0.1) is 0 Å². The quantitative estimate of drug-likeness (QED) is 0.928. The van der Waals surface area contributed by atoms with Gasteiger partial charge in [0.2, 0.25) is 10.0 Å². The van der Waals surface area contributed by atoms with Gasteiger partial charge in [0.15, 0.2) is 0 Å². The molecule has 1 N–H and O–H groups in total. The Bertz CT molecular complexity index is 554. The zero-order chi connectivity index (χ0) is 14.8. The highest BCUT2D eigenvalue weighted by Crippen LogP contribution is 2.29. The zero-order valence-corrected chi connectivity index (χ0v) is 13.4. The molecule has 2 rings (SSSR count). The summed E-state index contributed by atoms with van der Waals surface area (Å²) in [5.41, 5.74) is 0. The lowest BCUT2D eigenvalue weighted by Crippen LogP contribution is -2.42. The summed E-state index contributed by atoms with van der Waals surface area (Å²) in [5.74, 6) is 0. The second-order valence-corrected chi connectivity index (χ2v) is 7.62. The van der Waals surface area contributed by atoms with Crippen molar-refractivity contribution >= 4 is 21.6 Å². The molecule has 0 atom stereocenters. The normalized spacial score (nSPS) is 24.0. The molecule has 0 aliphatic heterocycles. The van der Waals surface area contributed by atoms with E-state index in [1.165, 1.54) is 4.31 Å². The number of halogens is 1. The molecule has 4 nitrogen and oxygen atoms in total. The van der Waals surface area contributed by atoms with Crippen molar-refractivity contribution in [1.29, 1.82) is 0 Å². The first kappa shape index (κ1) is 15.8. The van der Waals surface area contributed by atoms with E-state index in [-0.39, 0.29) is 16.0 Å². The second-order valence-electron chi connectivity index (χ2n) is 5.25. The number of hydrogen-bond donors (Lipinski definition) is 1. The van der Waals surface area contributed by atoms with Crippen molar-refractivity contribution in [1.82, 2.24) is 9.62 Å². The summed E-state index contributed by atoms with van der Waals surface area (Å²) in [6.45, 7) is 0. The Balaban J connectivity index is 2.16. The standard InChI is InChI=1S/C14H21ClN2O2S/c1-16-11-7-9-12(10-8-11)17(2)20(18,19)14-6-4-3-5-13(14)15/h3-6,11-12,16H,7-10H2,1-2H3. The van der Waals surface area contributed by atoms with Crippen LogP contribution >= 0.6 is 11.6 Å². The van der Waals surface area contributed by atoms with Crippen LogP contribution < -0.4 is 5.32 Å². The maximum Gasteiger partial charge on any atom is 0.244 e. The van der Waals surface area contributed by atoms with Crippen LogP contribution in [0.2, 0.25) is 5.02 Å². The average Bonchev–Trinajstić information content (AvgIpc) is 2.47. The minimum atomic E-state index is -3.51. The first-order valence-electron chi connectivity index (χ1n) is 6.86. The van der Waals surface area contributed by atoms with E-state index in [4.69, 9.17) is 11.6 Å². The van der Waals surface area contributed by atoms with Crippen LogP contribution in [0.15, 0.2) is 29.2 Å². The molecule has 112 valence electrons. The fraction of sp³-hybridized carbons (Fsp3) is 0.571. The van der Waals surface area contributed by atoms with Crippen molar-refractivity contribution in [2.24, 2.45) is 0 Å². The van der Waals surface area contributed by atoms with Crippen molar-refractivity contribution in [3.63, 3.8) is 0 Å². The van der Waals surface area contributed by atoms with Crippen LogP contribution in [0.5, 0.6) is 0 Å². The van der Waals surface area contributed by atoms with Gasteiger partial charge < -0.3 is 5.32 Å². The van der Waals surface area contributed by atoms with Gasteiger partial charge >= 0.3 is 0 Å². The highest BCUT2D eigenvalue weighted by molar-refractivity contribution is 7.89. The molecule has 0 heterocycles. The van der Waals surface area contributed by atoms with E-state index in [2.05, 4.69) is 5.32 Å². The third kappa shape index (κ3) is 3.17. The van der Waals surface area contributed by atoms with Crippen LogP contribution in [0, 0.1) is 0 Å². The summed E-state index contributed by atoms with van der Waals surface area (Å²) in [7, 11) is 0.0968. The van der Waals surface area contributed by atoms with Gasteiger partial charge in [-0.05, 0) is 44.9 Å². The number of nitrogens with zero attached hydrogens (tertiary/aromatic N) is 1. The average molecular weight is 317 g/mol. The Morgan fingerprint density at radius 2 is 1.80 bits per heavy atom. The van der Waals surface area contributed by atoms with E-state index >= 15 is 0 Å². The molecule has 20 heavy (non-hydrogen) atoms. The number of nitrogens with one attached hydrogen (secondary N) is 1. The van der Waals surface area contributed by atoms with E-state index in [9.17, 15) is 8.42 Å². The molecule has 1 aliphatic rings. The molecule has 6 heteroatoms. The Morgan fingerprint density at radius 3 is 2.35 bits per heavy atom. The highest BCUT2D eigenvalue weighted by atomic mass is 35.5. The minimum absolute atomic E-state index is 0.0564. The Labute approximate surface area is 126 Å². The molecule has 0 saturated heterocycles. The van der Waals surface area contributed by atoms with Crippen molar-refractivity contribution in [3.05, 3.63) is 29.3 Å². The van der Waals surface area contributed by atoms with Gasteiger partial charge in [0.1, 0.15) is 4.90 Å². The summed E-state index contributed by atoms with van der Waals surface area (Å²) in [6, 6.07) is 7.17. The van der Waals surface area contributed by atoms with Crippen LogP contribution in [-0.2, 0) is 10.0 Å². The van der Waals surface area contributed by atoms with Gasteiger partial charge in [-0.2, -0.15) is 4.31 Å². The highest BCUT2D eigenvalue weighted by Gasteiger charge is 2.32. The number of rotatable bonds is 4. The third-order valence-electron chi connectivity index (χ3n) is 4.11. The molecule has 0 spiro atoms. The first-order valence-corrected chi connectivity index (χ1v) is 8.68. The van der Waals surface area contributed by atoms with E-state index < -0.39 is 10.0 Å². The van der Waals surface area contributed by atoms with Gasteiger partial charge in [0.25, 0.3) is 0 Å². The lowest BCUT2D eigenvalue weighted by atomic mass is 9.91. The Hall–Kier alpha value is -0.620. The Morgan fingerprint density at radius 1 is 1.20 bits per heavy atom. The summed E-state index contributed by atoms with van der Waals surface area (Å²) < 4.78 is 26.7. The smallest absolute Gasteiger partial charge is 0.244 e. The van der Waals surface area contributed by atoms with Gasteiger partial charge in [-0.25, -0.2) is 8.42 Å². The van der Waals surface area contributed by atoms with E-state index in [1.54, 1.807) is 31.3 Å². The number of benzene rings is 1. The van der Waals surface area contributed by atoms with E-state index in [0.717, 1.165) is 25.7 Å². The number of sulfonamides is 1. The third-order valence-corrected chi connectivity index (χ3v) is 6.52. The Kier molecular flexibility index (Phi) is 5.07. The zero-order valence-electron chi connectivity index (χ0n) is 11.8. The fourth-order valence-corrected chi connectivity index (χ4v) is 4.64. The molecular weight excluding hydrogens is 296 g/mol. The second kappa shape index (κ2) is 6.43. The largest absolute Gasteiger partial charge is 0.317 e. The van der Waals surface area contributed by atoms with Gasteiger partial charge in [0, 0.05) is 19.1 Å². The molecule has 0 amide bonds. The predicted molar refractivity (Wildman–Crippen MR) is 81.5 cm³/mol. The van der Waals surface area contributed by atoms with Crippen molar-refractivity contribution in [2.75, 3.05) is 14.1 Å². The maximum atomic E-state index is 12.6. The topological polar surface area (TPSA) is 49.4 Å². The van der Waals surface area contributed by atoms with Crippen LogP contribution in [0.25, 0.3) is 0 Å². The number of hydrogen-bond acceptors (Lipinski definition) is 3. The van der Waals surface area contributed by atoms with Gasteiger partial charge in [0.05, 0.1) is 5.02 Å². The molecule has 1 aromatic carbocycles. The molecule has 1 fully saturated rings. The molecular formula is C14H21ClN2O2S. The molecule has 0 unspecified atom stereocenters. The summed E-state index contributed by atoms with van der Waals surface area (Å²) in [4.78, 5) is 0.194. The molecule has 1 aromatic rings. The summed E-state index contributed by atoms with van der Waals surface area (Å²) >= 11 is 6.02. The molecule has 0 aromatic heterocycles. The lowest BCUT2D eigenvalue weighted by molar-refractivity contribution is 0.255. The minimum Gasteiger partial charge on any atom is -0.317 e. The lowest BCUT2D eigenvalue weighted by Gasteiger charge is -2.34. The summed E-state index contributed by atoms with van der Waals surface area (Å²) in [5, 5.41) is 3.53.